The van der Waals surface area contributed by atoms with Crippen molar-refractivity contribution in [3.63, 3.8) is 0 Å². The molecule has 134 valence electrons. The summed E-state index contributed by atoms with van der Waals surface area (Å²) in [5.41, 5.74) is 0. The molecule has 0 aliphatic carbocycles. The van der Waals surface area contributed by atoms with E-state index in [1.54, 1.807) is 0 Å². The Morgan fingerprint density at radius 1 is 1.21 bits per heavy atom. The number of hydrogen-bond donors (Lipinski definition) is 2. The van der Waals surface area contributed by atoms with Crippen LogP contribution in [0.2, 0.25) is 0 Å². The molecule has 1 heterocycles. The number of para-hydroxylation sites is 1. The van der Waals surface area contributed by atoms with Crippen molar-refractivity contribution in [2.75, 3.05) is 26.7 Å². The number of piperidine rings is 1. The highest BCUT2D eigenvalue weighted by Gasteiger charge is 2.21. The molecule has 1 aromatic rings. The van der Waals surface area contributed by atoms with Crippen LogP contribution in [0.5, 0.6) is 5.75 Å². The second-order valence-corrected chi connectivity index (χ2v) is 6.74. The molecule has 2 N–H and O–H groups in total. The van der Waals surface area contributed by atoms with Gasteiger partial charge < -0.3 is 20.3 Å². The zero-order chi connectivity index (χ0) is 17.4. The van der Waals surface area contributed by atoms with Gasteiger partial charge in [0, 0.05) is 32.2 Å². The maximum absolute atomic E-state index is 5.89. The van der Waals surface area contributed by atoms with Crippen molar-refractivity contribution < 1.29 is 4.74 Å². The van der Waals surface area contributed by atoms with Gasteiger partial charge in [-0.05, 0) is 45.7 Å². The van der Waals surface area contributed by atoms with E-state index < -0.39 is 0 Å². The van der Waals surface area contributed by atoms with E-state index in [2.05, 4.69) is 41.3 Å². The Balaban J connectivity index is 1.71. The van der Waals surface area contributed by atoms with Crippen molar-refractivity contribution in [2.24, 2.45) is 4.99 Å². The fraction of sp³-hybridized carbons (Fsp3) is 0.632. The molecule has 5 nitrogen and oxygen atoms in total. The summed E-state index contributed by atoms with van der Waals surface area (Å²) in [6.45, 7) is 9.62. The van der Waals surface area contributed by atoms with Gasteiger partial charge in [0.15, 0.2) is 5.96 Å². The highest BCUT2D eigenvalue weighted by molar-refractivity contribution is 5.80. The van der Waals surface area contributed by atoms with Crippen LogP contribution >= 0.6 is 0 Å². The average molecular weight is 332 g/mol. The van der Waals surface area contributed by atoms with Crippen LogP contribution in [-0.4, -0.2) is 55.7 Å². The van der Waals surface area contributed by atoms with E-state index in [1.807, 2.05) is 37.4 Å². The molecule has 0 spiro atoms. The SMILES string of the molecule is CN=C(NCC(C)Oc1ccccc1)NC1CCN(C(C)C)CC1. The quantitative estimate of drug-likeness (QED) is 0.621. The largest absolute Gasteiger partial charge is 0.489 e. The molecule has 0 aromatic heterocycles. The zero-order valence-corrected chi connectivity index (χ0v) is 15.5. The first kappa shape index (κ1) is 18.6. The molecule has 0 amide bonds. The summed E-state index contributed by atoms with van der Waals surface area (Å²) in [6, 6.07) is 11.1. The Morgan fingerprint density at radius 2 is 1.88 bits per heavy atom. The summed E-state index contributed by atoms with van der Waals surface area (Å²) in [5, 5.41) is 6.91. The minimum Gasteiger partial charge on any atom is -0.489 e. The van der Waals surface area contributed by atoms with Gasteiger partial charge in [-0.3, -0.25) is 4.99 Å². The van der Waals surface area contributed by atoms with Gasteiger partial charge in [0.2, 0.25) is 0 Å². The standard InChI is InChI=1S/C19H32N4O/c1-15(2)23-12-10-17(11-13-23)22-19(20-4)21-14-16(3)24-18-8-6-5-7-9-18/h5-9,15-17H,10-14H2,1-4H3,(H2,20,21,22). The van der Waals surface area contributed by atoms with Gasteiger partial charge in [-0.1, -0.05) is 18.2 Å². The third kappa shape index (κ3) is 6.04. The third-order valence-electron chi connectivity index (χ3n) is 4.46. The van der Waals surface area contributed by atoms with E-state index in [0.29, 0.717) is 12.1 Å². The van der Waals surface area contributed by atoms with Gasteiger partial charge in [0.1, 0.15) is 11.9 Å². The van der Waals surface area contributed by atoms with Crippen molar-refractivity contribution in [1.82, 2.24) is 15.5 Å². The molecule has 5 heteroatoms. The van der Waals surface area contributed by atoms with E-state index in [1.165, 1.54) is 0 Å². The van der Waals surface area contributed by atoms with Crippen molar-refractivity contribution in [1.29, 1.82) is 0 Å². The topological polar surface area (TPSA) is 48.9 Å². The lowest BCUT2D eigenvalue weighted by molar-refractivity contribution is 0.167. The van der Waals surface area contributed by atoms with Crippen LogP contribution in [0.3, 0.4) is 0 Å². The van der Waals surface area contributed by atoms with E-state index in [0.717, 1.165) is 44.2 Å². The van der Waals surface area contributed by atoms with E-state index in [-0.39, 0.29) is 6.10 Å². The monoisotopic (exact) mass is 332 g/mol. The number of aliphatic imine (C=N–C) groups is 1. The van der Waals surface area contributed by atoms with Crippen LogP contribution in [0.1, 0.15) is 33.6 Å². The predicted octanol–water partition coefficient (Wildman–Crippen LogP) is 2.49. The van der Waals surface area contributed by atoms with Crippen LogP contribution in [-0.2, 0) is 0 Å². The second kappa shape index (κ2) is 9.52. The second-order valence-electron chi connectivity index (χ2n) is 6.74. The molecule has 0 radical (unpaired) electrons. The molecule has 1 aliphatic heterocycles. The van der Waals surface area contributed by atoms with Crippen molar-refractivity contribution in [3.8, 4) is 5.75 Å². The number of benzene rings is 1. The van der Waals surface area contributed by atoms with E-state index in [9.17, 15) is 0 Å². The number of rotatable bonds is 6. The zero-order valence-electron chi connectivity index (χ0n) is 15.5. The van der Waals surface area contributed by atoms with Gasteiger partial charge in [0.05, 0.1) is 6.54 Å². The Bertz CT molecular complexity index is 495. The van der Waals surface area contributed by atoms with Crippen LogP contribution in [0.15, 0.2) is 35.3 Å². The number of hydrogen-bond acceptors (Lipinski definition) is 3. The van der Waals surface area contributed by atoms with Crippen molar-refractivity contribution in [2.45, 2.75) is 51.8 Å². The molecule has 1 saturated heterocycles. The molecule has 1 fully saturated rings. The minimum absolute atomic E-state index is 0.0775. The Morgan fingerprint density at radius 3 is 2.46 bits per heavy atom. The first-order valence-electron chi connectivity index (χ1n) is 9.01. The first-order valence-corrected chi connectivity index (χ1v) is 9.01. The molecular weight excluding hydrogens is 300 g/mol. The average Bonchev–Trinajstić information content (AvgIpc) is 2.60. The maximum atomic E-state index is 5.89. The van der Waals surface area contributed by atoms with Gasteiger partial charge >= 0.3 is 0 Å². The third-order valence-corrected chi connectivity index (χ3v) is 4.46. The molecule has 24 heavy (non-hydrogen) atoms. The molecule has 2 rings (SSSR count). The predicted molar refractivity (Wildman–Crippen MR) is 101 cm³/mol. The van der Waals surface area contributed by atoms with Crippen LogP contribution in [0.4, 0.5) is 0 Å². The van der Waals surface area contributed by atoms with Gasteiger partial charge in [-0.25, -0.2) is 0 Å². The number of ether oxygens (including phenoxy) is 1. The fourth-order valence-corrected chi connectivity index (χ4v) is 2.96. The fourth-order valence-electron chi connectivity index (χ4n) is 2.96. The summed E-state index contributed by atoms with van der Waals surface area (Å²) < 4.78 is 5.89. The van der Waals surface area contributed by atoms with Crippen molar-refractivity contribution >= 4 is 5.96 Å². The Labute approximate surface area is 146 Å². The highest BCUT2D eigenvalue weighted by Crippen LogP contribution is 2.13. The van der Waals surface area contributed by atoms with E-state index in [4.69, 9.17) is 4.74 Å². The first-order chi connectivity index (χ1) is 11.6. The highest BCUT2D eigenvalue weighted by atomic mass is 16.5. The van der Waals surface area contributed by atoms with Crippen LogP contribution in [0.25, 0.3) is 0 Å². The van der Waals surface area contributed by atoms with Gasteiger partial charge in [-0.15, -0.1) is 0 Å². The number of guanidine groups is 1. The van der Waals surface area contributed by atoms with Crippen molar-refractivity contribution in [3.05, 3.63) is 30.3 Å². The van der Waals surface area contributed by atoms with Crippen LogP contribution < -0.4 is 15.4 Å². The molecule has 1 unspecified atom stereocenters. The molecule has 1 aromatic carbocycles. The Hall–Kier alpha value is -1.75. The minimum atomic E-state index is 0.0775. The summed E-state index contributed by atoms with van der Waals surface area (Å²) >= 11 is 0. The lowest BCUT2D eigenvalue weighted by Gasteiger charge is -2.35. The molecular formula is C19H32N4O. The molecule has 1 aliphatic rings. The molecule has 0 bridgehead atoms. The van der Waals surface area contributed by atoms with Crippen LogP contribution in [0, 0.1) is 0 Å². The summed E-state index contributed by atoms with van der Waals surface area (Å²) in [5.74, 6) is 1.76. The lowest BCUT2D eigenvalue weighted by atomic mass is 10.0. The number of nitrogens with zero attached hydrogens (tertiary/aromatic N) is 2. The van der Waals surface area contributed by atoms with Gasteiger partial charge in [0.25, 0.3) is 0 Å². The van der Waals surface area contributed by atoms with E-state index >= 15 is 0 Å². The Kier molecular flexibility index (Phi) is 7.37. The van der Waals surface area contributed by atoms with Gasteiger partial charge in [-0.2, -0.15) is 0 Å². The number of likely N-dealkylation sites (tertiary alicyclic amines) is 1. The lowest BCUT2D eigenvalue weighted by Crippen LogP contribution is -2.50. The smallest absolute Gasteiger partial charge is 0.191 e. The molecule has 1 atom stereocenters. The summed E-state index contributed by atoms with van der Waals surface area (Å²) in [7, 11) is 1.82. The molecule has 0 saturated carbocycles. The normalized spacial score (nSPS) is 18.5. The summed E-state index contributed by atoms with van der Waals surface area (Å²) in [4.78, 5) is 6.87. The summed E-state index contributed by atoms with van der Waals surface area (Å²) in [6.07, 6.45) is 2.40. The maximum Gasteiger partial charge on any atom is 0.191 e. The number of nitrogens with one attached hydrogen (secondary N) is 2.